The van der Waals surface area contributed by atoms with E-state index in [2.05, 4.69) is 15.3 Å². The smallest absolute Gasteiger partial charge is 0.241 e. The van der Waals surface area contributed by atoms with Crippen LogP contribution < -0.4 is 10.2 Å². The molecule has 2 aliphatic rings. The second-order valence-corrected chi connectivity index (χ2v) is 5.19. The summed E-state index contributed by atoms with van der Waals surface area (Å²) in [7, 11) is 0. The number of aromatic nitrogens is 2. The van der Waals surface area contributed by atoms with Gasteiger partial charge in [-0.25, -0.2) is 14.4 Å². The van der Waals surface area contributed by atoms with Gasteiger partial charge >= 0.3 is 0 Å². The topological polar surface area (TPSA) is 61.4 Å². The zero-order valence-corrected chi connectivity index (χ0v) is 11.3. The van der Waals surface area contributed by atoms with Crippen LogP contribution in [0.4, 0.5) is 10.3 Å². The number of likely N-dealkylation sites (tertiary alicyclic amines) is 1. The van der Waals surface area contributed by atoms with Crippen LogP contribution in [0.25, 0.3) is 0 Å². The Morgan fingerprint density at radius 1 is 1.25 bits per heavy atom. The van der Waals surface area contributed by atoms with Crippen LogP contribution in [-0.4, -0.2) is 59.5 Å². The molecule has 0 saturated carbocycles. The predicted molar refractivity (Wildman–Crippen MR) is 71.8 cm³/mol. The molecule has 1 amide bonds. The summed E-state index contributed by atoms with van der Waals surface area (Å²) in [6.45, 7) is 3.65. The molecule has 1 atom stereocenters. The number of piperazine rings is 1. The highest BCUT2D eigenvalue weighted by atomic mass is 19.1. The lowest BCUT2D eigenvalue weighted by molar-refractivity contribution is -0.132. The molecule has 0 bridgehead atoms. The van der Waals surface area contributed by atoms with Crippen LogP contribution >= 0.6 is 0 Å². The van der Waals surface area contributed by atoms with E-state index in [1.807, 2.05) is 9.80 Å². The van der Waals surface area contributed by atoms with Gasteiger partial charge < -0.3 is 15.1 Å². The first-order valence-corrected chi connectivity index (χ1v) is 6.99. The predicted octanol–water partition coefficient (Wildman–Crippen LogP) is 0.0163. The lowest BCUT2D eigenvalue weighted by Crippen LogP contribution is -2.58. The number of nitrogens with zero attached hydrogens (tertiary/aromatic N) is 4. The molecule has 0 aliphatic carbocycles. The monoisotopic (exact) mass is 279 g/mol. The Bertz CT molecular complexity index is 474. The second-order valence-electron chi connectivity index (χ2n) is 5.19. The summed E-state index contributed by atoms with van der Waals surface area (Å²) in [6, 6.07) is -0.226. The van der Waals surface area contributed by atoms with Crippen molar-refractivity contribution in [2.45, 2.75) is 18.9 Å². The van der Waals surface area contributed by atoms with Crippen molar-refractivity contribution < 1.29 is 9.18 Å². The van der Waals surface area contributed by atoms with Crippen LogP contribution in [0.2, 0.25) is 0 Å². The first-order chi connectivity index (χ1) is 9.74. The van der Waals surface area contributed by atoms with E-state index in [0.29, 0.717) is 19.0 Å². The zero-order chi connectivity index (χ0) is 13.9. The lowest BCUT2D eigenvalue weighted by Gasteiger charge is -2.34. The molecule has 1 aromatic heterocycles. The van der Waals surface area contributed by atoms with Crippen molar-refractivity contribution in [1.82, 2.24) is 20.2 Å². The Labute approximate surface area is 117 Å². The van der Waals surface area contributed by atoms with Crippen LogP contribution in [0.15, 0.2) is 12.4 Å². The van der Waals surface area contributed by atoms with Crippen molar-refractivity contribution in [3.05, 3.63) is 18.2 Å². The van der Waals surface area contributed by atoms with Crippen molar-refractivity contribution in [2.75, 3.05) is 37.6 Å². The Morgan fingerprint density at radius 2 is 1.95 bits per heavy atom. The molecule has 7 heteroatoms. The Morgan fingerprint density at radius 3 is 2.65 bits per heavy atom. The minimum Gasteiger partial charge on any atom is -0.341 e. The molecule has 0 radical (unpaired) electrons. The molecule has 108 valence electrons. The van der Waals surface area contributed by atoms with Crippen molar-refractivity contribution in [2.24, 2.45) is 0 Å². The fraction of sp³-hybridized carbons (Fsp3) is 0.615. The van der Waals surface area contributed by atoms with Gasteiger partial charge in [-0.1, -0.05) is 0 Å². The number of rotatable bonds is 2. The summed E-state index contributed by atoms with van der Waals surface area (Å²) < 4.78 is 12.8. The van der Waals surface area contributed by atoms with Gasteiger partial charge in [0.1, 0.15) is 6.04 Å². The van der Waals surface area contributed by atoms with Crippen LogP contribution in [-0.2, 0) is 4.79 Å². The molecule has 0 unspecified atom stereocenters. The summed E-state index contributed by atoms with van der Waals surface area (Å²) in [6.07, 6.45) is 4.48. The average molecular weight is 279 g/mol. The van der Waals surface area contributed by atoms with Gasteiger partial charge in [-0.15, -0.1) is 0 Å². The van der Waals surface area contributed by atoms with Crippen LogP contribution in [0.3, 0.4) is 0 Å². The second kappa shape index (κ2) is 5.70. The first kappa shape index (κ1) is 13.2. The van der Waals surface area contributed by atoms with Crippen molar-refractivity contribution >= 4 is 11.9 Å². The third-order valence-electron chi connectivity index (χ3n) is 3.78. The lowest BCUT2D eigenvalue weighted by atomic mass is 10.2. The van der Waals surface area contributed by atoms with E-state index in [0.717, 1.165) is 44.9 Å². The van der Waals surface area contributed by atoms with Crippen molar-refractivity contribution in [1.29, 1.82) is 0 Å². The minimum atomic E-state index is -0.450. The molecule has 20 heavy (non-hydrogen) atoms. The van der Waals surface area contributed by atoms with Crippen LogP contribution in [0.1, 0.15) is 12.8 Å². The molecule has 2 saturated heterocycles. The number of carbonyl (C=O) groups is 1. The third-order valence-corrected chi connectivity index (χ3v) is 3.78. The summed E-state index contributed by atoms with van der Waals surface area (Å²) in [5.74, 6) is 0.176. The first-order valence-electron chi connectivity index (χ1n) is 6.99. The van der Waals surface area contributed by atoms with Gasteiger partial charge in [-0.3, -0.25) is 4.79 Å². The van der Waals surface area contributed by atoms with Crippen molar-refractivity contribution in [3.8, 4) is 0 Å². The van der Waals surface area contributed by atoms with Crippen LogP contribution in [0.5, 0.6) is 0 Å². The molecular weight excluding hydrogens is 261 g/mol. The van der Waals surface area contributed by atoms with E-state index < -0.39 is 5.82 Å². The largest absolute Gasteiger partial charge is 0.341 e. The number of nitrogens with one attached hydrogen (secondary N) is 1. The minimum absolute atomic E-state index is 0.148. The Balaban J connectivity index is 1.66. The highest BCUT2D eigenvalue weighted by Gasteiger charge is 2.31. The van der Waals surface area contributed by atoms with E-state index in [4.69, 9.17) is 0 Å². The van der Waals surface area contributed by atoms with Crippen molar-refractivity contribution in [3.63, 3.8) is 0 Å². The van der Waals surface area contributed by atoms with Gasteiger partial charge in [-0.2, -0.15) is 0 Å². The van der Waals surface area contributed by atoms with Gasteiger partial charge in [0.25, 0.3) is 0 Å². The van der Waals surface area contributed by atoms with Gasteiger partial charge in [-0.05, 0) is 12.8 Å². The average Bonchev–Trinajstić information content (AvgIpc) is 3.01. The summed E-state index contributed by atoms with van der Waals surface area (Å²) >= 11 is 0. The molecule has 3 heterocycles. The number of hydrogen-bond donors (Lipinski definition) is 1. The summed E-state index contributed by atoms with van der Waals surface area (Å²) in [5.41, 5.74) is 0. The number of hydrogen-bond acceptors (Lipinski definition) is 5. The zero-order valence-electron chi connectivity index (χ0n) is 11.3. The highest BCUT2D eigenvalue weighted by molar-refractivity contribution is 5.83. The molecule has 6 nitrogen and oxygen atoms in total. The Kier molecular flexibility index (Phi) is 3.77. The fourth-order valence-electron chi connectivity index (χ4n) is 2.72. The van der Waals surface area contributed by atoms with E-state index in [9.17, 15) is 9.18 Å². The highest BCUT2D eigenvalue weighted by Crippen LogP contribution is 2.14. The Hall–Kier alpha value is -1.76. The third kappa shape index (κ3) is 2.72. The number of halogens is 1. The fourth-order valence-corrected chi connectivity index (χ4v) is 2.72. The molecule has 1 aromatic rings. The molecule has 1 N–H and O–H groups in total. The molecular formula is C13H18FN5O. The van der Waals surface area contributed by atoms with Gasteiger partial charge in [0.15, 0.2) is 5.82 Å². The quantitative estimate of drug-likeness (QED) is 0.827. The summed E-state index contributed by atoms with van der Waals surface area (Å²) in [4.78, 5) is 24.2. The maximum absolute atomic E-state index is 12.8. The SMILES string of the molecule is O=C([C@@H]1CN(c2ncc(F)cn2)CCN1)N1CCCC1. The maximum Gasteiger partial charge on any atom is 0.241 e. The standard InChI is InChI=1S/C13H18FN5O/c14-10-7-16-13(17-8-10)19-6-3-15-11(9-19)12(20)18-4-1-2-5-18/h7-8,11,15H,1-6,9H2/t11-/m0/s1. The van der Waals surface area contributed by atoms with E-state index in [1.165, 1.54) is 0 Å². The molecule has 0 spiro atoms. The van der Waals surface area contributed by atoms with Gasteiger partial charge in [0.2, 0.25) is 11.9 Å². The molecule has 2 aliphatic heterocycles. The molecule has 3 rings (SSSR count). The number of amides is 1. The molecule has 0 aromatic carbocycles. The number of anilines is 1. The summed E-state index contributed by atoms with van der Waals surface area (Å²) in [5, 5.41) is 3.24. The van der Waals surface area contributed by atoms with E-state index >= 15 is 0 Å². The van der Waals surface area contributed by atoms with Gasteiger partial charge in [0.05, 0.1) is 12.4 Å². The maximum atomic E-state index is 12.8. The normalized spacial score (nSPS) is 23.1. The van der Waals surface area contributed by atoms with Gasteiger partial charge in [0, 0.05) is 32.7 Å². The van der Waals surface area contributed by atoms with E-state index in [-0.39, 0.29) is 11.9 Å². The van der Waals surface area contributed by atoms with Crippen LogP contribution in [0, 0.1) is 5.82 Å². The number of carbonyl (C=O) groups excluding carboxylic acids is 1. The van der Waals surface area contributed by atoms with E-state index in [1.54, 1.807) is 0 Å². The molecule has 2 fully saturated rings.